The van der Waals surface area contributed by atoms with Crippen LogP contribution in [0.5, 0.6) is 0 Å². The standard InChI is InChI=1S/C11H14N2O2/c1-7(14)11(2)12-9-6-4-3-5-8(9)10(15)13-11/h3-7,12,14H,1-2H3,(H,13,15)/t7-,11+/m1/s1. The number of rotatable bonds is 1. The highest BCUT2D eigenvalue weighted by atomic mass is 16.3. The van der Waals surface area contributed by atoms with Crippen LogP contribution in [-0.2, 0) is 0 Å². The Hall–Kier alpha value is -1.55. The van der Waals surface area contributed by atoms with Crippen molar-refractivity contribution in [3.05, 3.63) is 29.8 Å². The average molecular weight is 206 g/mol. The fraction of sp³-hybridized carbons (Fsp3) is 0.364. The van der Waals surface area contributed by atoms with Crippen LogP contribution in [0.3, 0.4) is 0 Å². The predicted molar refractivity (Wildman–Crippen MR) is 57.6 cm³/mol. The smallest absolute Gasteiger partial charge is 0.255 e. The normalized spacial score (nSPS) is 26.2. The van der Waals surface area contributed by atoms with E-state index < -0.39 is 11.8 Å². The molecule has 1 heterocycles. The van der Waals surface area contributed by atoms with Gasteiger partial charge in [0.25, 0.3) is 5.91 Å². The van der Waals surface area contributed by atoms with E-state index in [0.29, 0.717) is 5.56 Å². The first-order valence-electron chi connectivity index (χ1n) is 4.91. The summed E-state index contributed by atoms with van der Waals surface area (Å²) in [6, 6.07) is 7.24. The molecule has 2 rings (SSSR count). The number of nitrogens with one attached hydrogen (secondary N) is 2. The Kier molecular flexibility index (Phi) is 2.16. The van der Waals surface area contributed by atoms with Gasteiger partial charge in [-0.1, -0.05) is 12.1 Å². The summed E-state index contributed by atoms with van der Waals surface area (Å²) < 4.78 is 0. The van der Waals surface area contributed by atoms with Crippen LogP contribution in [0.2, 0.25) is 0 Å². The minimum atomic E-state index is -0.800. The second-order valence-electron chi connectivity index (χ2n) is 4.00. The van der Waals surface area contributed by atoms with E-state index in [-0.39, 0.29) is 5.91 Å². The second-order valence-corrected chi connectivity index (χ2v) is 4.00. The zero-order chi connectivity index (χ0) is 11.1. The lowest BCUT2D eigenvalue weighted by molar-refractivity contribution is 0.0711. The fourth-order valence-corrected chi connectivity index (χ4v) is 1.61. The third-order valence-electron chi connectivity index (χ3n) is 2.77. The Morgan fingerprint density at radius 2 is 2.00 bits per heavy atom. The number of aliphatic hydroxyl groups is 1. The number of hydrogen-bond acceptors (Lipinski definition) is 3. The molecule has 0 aliphatic carbocycles. The molecule has 0 saturated heterocycles. The van der Waals surface area contributed by atoms with Crippen molar-refractivity contribution in [1.82, 2.24) is 5.32 Å². The van der Waals surface area contributed by atoms with E-state index in [9.17, 15) is 9.90 Å². The van der Waals surface area contributed by atoms with Gasteiger partial charge in [0.2, 0.25) is 0 Å². The summed E-state index contributed by atoms with van der Waals surface area (Å²) in [6.45, 7) is 3.40. The van der Waals surface area contributed by atoms with Gasteiger partial charge >= 0.3 is 0 Å². The van der Waals surface area contributed by atoms with E-state index >= 15 is 0 Å². The Bertz CT molecular complexity index is 403. The summed E-state index contributed by atoms with van der Waals surface area (Å²) in [5.41, 5.74) is 0.561. The van der Waals surface area contributed by atoms with Gasteiger partial charge in [-0.25, -0.2) is 0 Å². The molecular weight excluding hydrogens is 192 g/mol. The summed E-state index contributed by atoms with van der Waals surface area (Å²) in [6.07, 6.45) is -0.671. The molecule has 0 aromatic heterocycles. The molecule has 4 heteroatoms. The van der Waals surface area contributed by atoms with Crippen molar-refractivity contribution in [2.24, 2.45) is 0 Å². The lowest BCUT2D eigenvalue weighted by Gasteiger charge is -2.39. The number of carbonyl (C=O) groups is 1. The van der Waals surface area contributed by atoms with Crippen LogP contribution in [0.15, 0.2) is 24.3 Å². The number of para-hydroxylation sites is 1. The molecule has 80 valence electrons. The fourth-order valence-electron chi connectivity index (χ4n) is 1.61. The van der Waals surface area contributed by atoms with Gasteiger partial charge in [0.05, 0.1) is 11.7 Å². The quantitative estimate of drug-likeness (QED) is 0.640. The predicted octanol–water partition coefficient (Wildman–Crippen LogP) is 0.939. The second kappa shape index (κ2) is 3.24. The van der Waals surface area contributed by atoms with Gasteiger partial charge in [-0.05, 0) is 26.0 Å². The van der Waals surface area contributed by atoms with Crippen LogP contribution in [-0.4, -0.2) is 22.8 Å². The maximum absolute atomic E-state index is 11.7. The van der Waals surface area contributed by atoms with Gasteiger partial charge in [-0.3, -0.25) is 4.79 Å². The van der Waals surface area contributed by atoms with Gasteiger partial charge in [0.15, 0.2) is 0 Å². The maximum atomic E-state index is 11.7. The highest BCUT2D eigenvalue weighted by molar-refractivity contribution is 6.02. The van der Waals surface area contributed by atoms with Crippen LogP contribution in [0, 0.1) is 0 Å². The zero-order valence-corrected chi connectivity index (χ0v) is 8.74. The van der Waals surface area contributed by atoms with Gasteiger partial charge in [0.1, 0.15) is 5.66 Å². The third kappa shape index (κ3) is 1.57. The van der Waals surface area contributed by atoms with Crippen molar-refractivity contribution in [3.8, 4) is 0 Å². The van der Waals surface area contributed by atoms with Crippen molar-refractivity contribution in [1.29, 1.82) is 0 Å². The van der Waals surface area contributed by atoms with Gasteiger partial charge in [-0.15, -0.1) is 0 Å². The van der Waals surface area contributed by atoms with Crippen molar-refractivity contribution in [3.63, 3.8) is 0 Å². The minimum Gasteiger partial charge on any atom is -0.389 e. The maximum Gasteiger partial charge on any atom is 0.255 e. The highest BCUT2D eigenvalue weighted by Crippen LogP contribution is 2.25. The molecule has 1 aliphatic rings. The Balaban J connectivity index is 2.42. The lowest BCUT2D eigenvalue weighted by Crippen LogP contribution is -2.61. The van der Waals surface area contributed by atoms with E-state index in [0.717, 1.165) is 5.69 Å². The number of carbonyl (C=O) groups excluding carboxylic acids is 1. The van der Waals surface area contributed by atoms with E-state index in [1.165, 1.54) is 0 Å². The van der Waals surface area contributed by atoms with Gasteiger partial charge in [-0.2, -0.15) is 0 Å². The number of aliphatic hydroxyl groups excluding tert-OH is 1. The molecule has 2 atom stereocenters. The van der Waals surface area contributed by atoms with Crippen molar-refractivity contribution in [2.45, 2.75) is 25.6 Å². The number of fused-ring (bicyclic) bond motifs is 1. The summed E-state index contributed by atoms with van der Waals surface area (Å²) in [5, 5.41) is 15.5. The molecule has 4 nitrogen and oxygen atoms in total. The van der Waals surface area contributed by atoms with E-state index in [1.807, 2.05) is 18.2 Å². The number of benzene rings is 1. The molecule has 1 amide bonds. The molecule has 1 aliphatic heterocycles. The highest BCUT2D eigenvalue weighted by Gasteiger charge is 2.36. The van der Waals surface area contributed by atoms with Crippen LogP contribution < -0.4 is 10.6 Å². The zero-order valence-electron chi connectivity index (χ0n) is 8.74. The minimum absolute atomic E-state index is 0.159. The summed E-state index contributed by atoms with van der Waals surface area (Å²) >= 11 is 0. The van der Waals surface area contributed by atoms with Crippen LogP contribution >= 0.6 is 0 Å². The molecule has 1 aromatic carbocycles. The van der Waals surface area contributed by atoms with E-state index in [2.05, 4.69) is 10.6 Å². The van der Waals surface area contributed by atoms with E-state index in [1.54, 1.807) is 19.9 Å². The summed E-state index contributed by atoms with van der Waals surface area (Å²) in [7, 11) is 0. The molecule has 15 heavy (non-hydrogen) atoms. The number of anilines is 1. The summed E-state index contributed by atoms with van der Waals surface area (Å²) in [4.78, 5) is 11.7. The Labute approximate surface area is 88.3 Å². The Morgan fingerprint density at radius 3 is 2.67 bits per heavy atom. The van der Waals surface area contributed by atoms with Crippen LogP contribution in [0.25, 0.3) is 0 Å². The van der Waals surface area contributed by atoms with Crippen LogP contribution in [0.4, 0.5) is 5.69 Å². The van der Waals surface area contributed by atoms with Gasteiger partial charge < -0.3 is 15.7 Å². The summed E-state index contributed by atoms with van der Waals surface area (Å²) in [5.74, 6) is -0.159. The first-order chi connectivity index (χ1) is 7.03. The average Bonchev–Trinajstić information content (AvgIpc) is 2.17. The van der Waals surface area contributed by atoms with Crippen molar-refractivity contribution >= 4 is 11.6 Å². The molecule has 1 aromatic rings. The Morgan fingerprint density at radius 1 is 1.33 bits per heavy atom. The molecule has 0 spiro atoms. The lowest BCUT2D eigenvalue weighted by atomic mass is 10.00. The van der Waals surface area contributed by atoms with Crippen molar-refractivity contribution < 1.29 is 9.90 Å². The van der Waals surface area contributed by atoms with Gasteiger partial charge in [0, 0.05) is 5.69 Å². The van der Waals surface area contributed by atoms with Crippen molar-refractivity contribution in [2.75, 3.05) is 5.32 Å². The molecule has 0 radical (unpaired) electrons. The first kappa shape index (κ1) is 9.98. The molecule has 0 bridgehead atoms. The first-order valence-corrected chi connectivity index (χ1v) is 4.91. The van der Waals surface area contributed by atoms with Crippen LogP contribution in [0.1, 0.15) is 24.2 Å². The molecule has 0 fully saturated rings. The molecule has 0 unspecified atom stereocenters. The monoisotopic (exact) mass is 206 g/mol. The molecular formula is C11H14N2O2. The topological polar surface area (TPSA) is 61.4 Å². The number of amides is 1. The molecule has 0 saturated carbocycles. The number of hydrogen-bond donors (Lipinski definition) is 3. The third-order valence-corrected chi connectivity index (χ3v) is 2.77. The molecule has 3 N–H and O–H groups in total. The largest absolute Gasteiger partial charge is 0.389 e. The van der Waals surface area contributed by atoms with E-state index in [4.69, 9.17) is 0 Å². The SMILES string of the molecule is C[C@@H](O)[C@]1(C)NC(=O)c2ccccc2N1.